The van der Waals surface area contributed by atoms with Crippen molar-refractivity contribution >= 4 is 127 Å². The number of hydrogen-bond donors (Lipinski definition) is 2. The third kappa shape index (κ3) is 29.8. The van der Waals surface area contributed by atoms with E-state index >= 15 is 0 Å². The summed E-state index contributed by atoms with van der Waals surface area (Å²) in [5.41, 5.74) is 21.1. The second kappa shape index (κ2) is 40.1. The maximum Gasteiger partial charge on any atom is 0.177 e. The minimum Gasteiger partial charge on any atom is -0.361 e. The van der Waals surface area contributed by atoms with Gasteiger partial charge in [0.05, 0.1) is 55.8 Å². The van der Waals surface area contributed by atoms with E-state index in [-0.39, 0.29) is 43.3 Å². The molecular formula is C101H140N14S5. The van der Waals surface area contributed by atoms with Crippen LogP contribution in [0.15, 0.2) is 181 Å². The zero-order valence-corrected chi connectivity index (χ0v) is 83.4. The van der Waals surface area contributed by atoms with Crippen LogP contribution in [0.4, 0.5) is 0 Å². The van der Waals surface area contributed by atoms with Gasteiger partial charge in [-0.1, -0.05) is 220 Å². The number of aromatic amines is 2. The first-order valence-corrected chi connectivity index (χ1v) is 45.9. The molecule has 0 bridgehead atoms. The second-order valence-electron chi connectivity index (χ2n) is 41.5. The summed E-state index contributed by atoms with van der Waals surface area (Å²) in [6.07, 6.45) is 22.1. The van der Waals surface area contributed by atoms with Gasteiger partial charge in [0.2, 0.25) is 0 Å². The summed E-state index contributed by atoms with van der Waals surface area (Å²) in [5, 5.41) is 9.12. The first-order chi connectivity index (χ1) is 55.2. The summed E-state index contributed by atoms with van der Waals surface area (Å²) in [5.74, 6) is 0. The van der Waals surface area contributed by atoms with E-state index in [1.165, 1.54) is 90.2 Å². The van der Waals surface area contributed by atoms with Crippen LogP contribution in [0, 0.1) is 26.2 Å². The lowest BCUT2D eigenvalue weighted by Gasteiger charge is -2.19. The van der Waals surface area contributed by atoms with Gasteiger partial charge in [0.1, 0.15) is 10.3 Å². The highest BCUT2D eigenvalue weighted by molar-refractivity contribution is 7.17. The number of fused-ring (bicyclic) bond motifs is 6. The van der Waals surface area contributed by atoms with Gasteiger partial charge in [0, 0.05) is 112 Å². The number of nitrogens with one attached hydrogen (secondary N) is 2. The van der Waals surface area contributed by atoms with Crippen LogP contribution in [-0.2, 0) is 62.8 Å². The first-order valence-electron chi connectivity index (χ1n) is 41.6. The summed E-state index contributed by atoms with van der Waals surface area (Å²) >= 11 is 8.91. The molecule has 0 radical (unpaired) electrons. The topological polar surface area (TPSA) is 170 Å². The number of aliphatic imine (C=N–C) groups is 1. The number of thiazole rings is 2. The molecule has 120 heavy (non-hydrogen) atoms. The Morgan fingerprint density at radius 1 is 0.358 bits per heavy atom. The zero-order valence-electron chi connectivity index (χ0n) is 79.3. The molecule has 0 spiro atoms. The molecule has 16 rings (SSSR count). The van der Waals surface area contributed by atoms with E-state index in [9.17, 15) is 0 Å². The minimum absolute atomic E-state index is 0.138. The molecule has 0 saturated carbocycles. The van der Waals surface area contributed by atoms with Crippen molar-refractivity contribution in [2.45, 2.75) is 291 Å². The van der Waals surface area contributed by atoms with Gasteiger partial charge in [0.15, 0.2) is 11.3 Å². The van der Waals surface area contributed by atoms with Crippen molar-refractivity contribution < 1.29 is 0 Å². The summed E-state index contributed by atoms with van der Waals surface area (Å²) in [4.78, 5) is 56.0. The number of thiophene rings is 3. The number of imidazole rings is 3. The van der Waals surface area contributed by atoms with Crippen molar-refractivity contribution in [1.29, 1.82) is 0 Å². The average Bonchev–Trinajstić information content (AvgIpc) is 1.65. The lowest BCUT2D eigenvalue weighted by atomic mass is 9.85. The third-order valence-corrected chi connectivity index (χ3v) is 25.7. The highest BCUT2D eigenvalue weighted by atomic mass is 32.1. The van der Waals surface area contributed by atoms with E-state index in [1.54, 1.807) is 64.3 Å². The molecule has 0 saturated heterocycles. The van der Waals surface area contributed by atoms with E-state index in [0.717, 1.165) is 55.1 Å². The Morgan fingerprint density at radius 2 is 0.917 bits per heavy atom. The zero-order chi connectivity index (χ0) is 89.7. The number of allylic oxidation sites excluding steroid dienone is 1. The molecule has 1 aliphatic heterocycles. The van der Waals surface area contributed by atoms with Crippen LogP contribution in [0.1, 0.15) is 284 Å². The Labute approximate surface area is 739 Å². The summed E-state index contributed by atoms with van der Waals surface area (Å²) in [6, 6.07) is 32.4. The van der Waals surface area contributed by atoms with Gasteiger partial charge >= 0.3 is 0 Å². The number of aryl methyl sites for hydroxylation is 5. The van der Waals surface area contributed by atoms with Gasteiger partial charge in [-0.25, -0.2) is 39.9 Å². The highest BCUT2D eigenvalue weighted by Crippen LogP contribution is 2.35. The SMILES string of the molecule is CC(C)(C)c1ccc2[nH]ccc2c1.CC(C)(C)c1ccc2nc[nH]c2c1.CC(C)(C)c1cnc2ccsc2c1.CC(C)(C)c1cnc2sccc2c1.CC1=NC=C(C(C)(C)C)C1.Cc1ccc(C(C)(C)C)s1.Cc1cnc(C(C)(C)C)s1.Cc1ncc(C(C)(C)C)s1.Cn1cnc2cc(C(C)(C)C)cnc21.Cn1cnc2ncc(C(C)(C)C)cc21. The molecule has 14 nitrogen and oxygen atoms in total. The van der Waals surface area contributed by atoms with Crippen LogP contribution >= 0.6 is 56.7 Å². The lowest BCUT2D eigenvalue weighted by Crippen LogP contribution is -2.11. The molecule has 0 amide bonds. The van der Waals surface area contributed by atoms with Crippen molar-refractivity contribution in [3.63, 3.8) is 0 Å². The monoisotopic (exact) mass is 1710 g/mol. The van der Waals surface area contributed by atoms with Crippen LogP contribution in [0.25, 0.3) is 64.7 Å². The van der Waals surface area contributed by atoms with Crippen LogP contribution in [0.5, 0.6) is 0 Å². The Bertz CT molecular complexity index is 5340. The van der Waals surface area contributed by atoms with Gasteiger partial charge in [0.25, 0.3) is 0 Å². The fourth-order valence-corrected chi connectivity index (χ4v) is 15.6. The summed E-state index contributed by atoms with van der Waals surface area (Å²) in [7, 11) is 3.95. The van der Waals surface area contributed by atoms with Gasteiger partial charge in [-0.15, -0.1) is 56.7 Å². The Hall–Kier alpha value is -8.72. The van der Waals surface area contributed by atoms with Crippen molar-refractivity contribution in [3.8, 4) is 0 Å². The molecule has 0 aliphatic carbocycles. The highest BCUT2D eigenvalue weighted by Gasteiger charge is 2.24. The molecule has 0 fully saturated rings. The summed E-state index contributed by atoms with van der Waals surface area (Å²) in [6.45, 7) is 74.7. The number of pyridine rings is 4. The Morgan fingerprint density at radius 3 is 1.43 bits per heavy atom. The molecule has 14 heterocycles. The molecule has 15 aromatic rings. The Kier molecular flexibility index (Phi) is 32.9. The number of H-pyrrole nitrogens is 2. The van der Waals surface area contributed by atoms with Crippen LogP contribution < -0.4 is 0 Å². The van der Waals surface area contributed by atoms with E-state index in [2.05, 4.69) is 390 Å². The third-order valence-electron chi connectivity index (χ3n) is 19.9. The second-order valence-corrected chi connectivity index (χ2v) is 47.1. The van der Waals surface area contributed by atoms with Crippen LogP contribution in [0.3, 0.4) is 0 Å². The molecule has 1 aliphatic rings. The van der Waals surface area contributed by atoms with Crippen molar-refractivity contribution in [3.05, 3.63) is 239 Å². The minimum atomic E-state index is 0.138. The Balaban J connectivity index is 0.000000184. The maximum atomic E-state index is 4.43. The predicted molar refractivity (Wildman–Crippen MR) is 527 cm³/mol. The van der Waals surface area contributed by atoms with Crippen molar-refractivity contribution in [2.75, 3.05) is 0 Å². The molecule has 13 aromatic heterocycles. The largest absolute Gasteiger partial charge is 0.361 e. The van der Waals surface area contributed by atoms with Gasteiger partial charge in [-0.05, 0) is 210 Å². The first kappa shape index (κ1) is 98.4. The van der Waals surface area contributed by atoms with Crippen LogP contribution in [0.2, 0.25) is 0 Å². The van der Waals surface area contributed by atoms with Gasteiger partial charge in [-0.3, -0.25) is 9.98 Å². The van der Waals surface area contributed by atoms with Crippen LogP contribution in [-0.4, -0.2) is 69.7 Å². The number of aromatic nitrogens is 13. The van der Waals surface area contributed by atoms with Crippen molar-refractivity contribution in [1.82, 2.24) is 64.0 Å². The van der Waals surface area contributed by atoms with Crippen molar-refractivity contribution in [2.24, 2.45) is 24.5 Å². The number of hydrogen-bond acceptors (Lipinski definition) is 15. The molecule has 0 unspecified atom stereocenters. The molecule has 0 atom stereocenters. The quantitative estimate of drug-likeness (QED) is 0.150. The predicted octanol–water partition coefficient (Wildman–Crippen LogP) is 29.7. The van der Waals surface area contributed by atoms with E-state index < -0.39 is 0 Å². The van der Waals surface area contributed by atoms with Gasteiger partial charge in [-0.2, -0.15) is 0 Å². The lowest BCUT2D eigenvalue weighted by molar-refractivity contribution is 0.498. The van der Waals surface area contributed by atoms with E-state index in [1.807, 2.05) is 91.1 Å². The normalized spacial score (nSPS) is 12.7. The summed E-state index contributed by atoms with van der Waals surface area (Å²) < 4.78 is 5.21. The number of benzene rings is 2. The molecule has 19 heteroatoms. The molecule has 2 aromatic carbocycles. The fraction of sp³-hybridized carbons (Fsp3) is 0.465. The smallest absolute Gasteiger partial charge is 0.177 e. The van der Waals surface area contributed by atoms with Gasteiger partial charge < -0.3 is 19.1 Å². The molecular weight excluding hydrogens is 1570 g/mol. The number of nitrogens with zero attached hydrogens (tertiary/aromatic N) is 12. The van der Waals surface area contributed by atoms with E-state index in [0.29, 0.717) is 10.8 Å². The number of rotatable bonds is 0. The standard InChI is InChI=1S/C12H15N.2C11H15N3.C11H14N2.2C11H13NS.C9H15N.C9H14S.2C8H13NS/c1-12(2,3)10-4-5-11-9(8-10)6-7-13-11;1-11(2,3)8-5-9-10(12-6-8)13-7-14(9)4;1-11(2,3)8-5-9-10(12-6-8)14(4)7-13-9;1-11(2,3)8-4-5-9-10(6-8)13-7-12-9;1-11(2,3)8-6-10-9(12-7-8)4-5-13-10;1-11(2,3)9-6-8-4-5-13-10(8)12-7-9;1-7-5-8(6-10-7)9(2,3)4;1-7-5-6-8(10-7)9(2,3)4;1-6-9-5-7(10-6)8(2,3)4;1-6-5-9-7(10-6)8(2,3)4/h4-8,13H,1-3H3;2*5-7H,1-4H3;4-7H,1-3H3,(H,12,13);2*4-7H,1-3H3;6H,5H2,1-4H3;5-6H,1-4H3;2*5H,1-4H3. The fourth-order valence-electron chi connectivity index (χ4n) is 11.6. The molecule has 644 valence electrons. The maximum absolute atomic E-state index is 4.43. The molecule has 2 N–H and O–H groups in total. The average molecular weight is 1710 g/mol. The van der Waals surface area contributed by atoms with E-state index in [4.69, 9.17) is 0 Å².